The summed E-state index contributed by atoms with van der Waals surface area (Å²) < 4.78 is 38.5. The number of carbonyl (C=O) groups excluding carboxylic acids is 1. The summed E-state index contributed by atoms with van der Waals surface area (Å²) in [6.45, 7) is -2.34. The Balaban J connectivity index is 1.51. The van der Waals surface area contributed by atoms with Crippen LogP contribution in [0.1, 0.15) is 6.92 Å². The number of aliphatic hydroxyl groups is 13. The molecule has 4 rings (SSSR count). The molecule has 22 heteroatoms. The van der Waals surface area contributed by atoms with Crippen LogP contribution in [0.25, 0.3) is 0 Å². The Kier molecular flexibility index (Phi) is 13.8. The molecule has 4 aliphatic heterocycles. The summed E-state index contributed by atoms with van der Waals surface area (Å²) in [6.07, 6.45) is -33.2. The van der Waals surface area contributed by atoms with E-state index in [9.17, 15) is 71.2 Å². The molecule has 4 aliphatic rings. The van der Waals surface area contributed by atoms with Crippen molar-refractivity contribution < 1.29 is 104 Å². The molecule has 20 atom stereocenters. The molecule has 280 valence electrons. The maximum atomic E-state index is 12.1. The Morgan fingerprint density at radius 3 is 1.40 bits per heavy atom. The van der Waals surface area contributed by atoms with Gasteiger partial charge in [-0.05, 0) is 0 Å². The molecule has 0 aromatic carbocycles. The van der Waals surface area contributed by atoms with E-state index < -0.39 is 155 Å². The fraction of sp³-hybridized carbons (Fsp3) is 0.962. The molecule has 14 N–H and O–H groups in total. The van der Waals surface area contributed by atoms with Crippen molar-refractivity contribution in [1.29, 1.82) is 0 Å². The Bertz CT molecular complexity index is 1020. The summed E-state index contributed by atoms with van der Waals surface area (Å²) in [7, 11) is 0. The lowest BCUT2D eigenvalue weighted by Crippen LogP contribution is -2.69. The van der Waals surface area contributed by atoms with Gasteiger partial charge in [0, 0.05) is 6.92 Å². The second-order valence-electron chi connectivity index (χ2n) is 11.9. The third-order valence-corrected chi connectivity index (χ3v) is 8.61. The molecule has 0 spiro atoms. The van der Waals surface area contributed by atoms with Crippen LogP contribution >= 0.6 is 0 Å². The van der Waals surface area contributed by atoms with Crippen molar-refractivity contribution in [2.75, 3.05) is 26.4 Å². The molecular weight excluding hydrogens is 662 g/mol. The van der Waals surface area contributed by atoms with Crippen molar-refractivity contribution in [3.05, 3.63) is 0 Å². The summed E-state index contributed by atoms with van der Waals surface area (Å²) in [5, 5.41) is 135. The highest BCUT2D eigenvalue weighted by molar-refractivity contribution is 5.73. The molecule has 48 heavy (non-hydrogen) atoms. The first kappa shape index (κ1) is 39.5. The van der Waals surface area contributed by atoms with E-state index in [1.54, 1.807) is 0 Å². The van der Waals surface area contributed by atoms with Gasteiger partial charge in [-0.25, -0.2) is 0 Å². The van der Waals surface area contributed by atoms with E-state index in [-0.39, 0.29) is 0 Å². The number of hydrogen-bond acceptors (Lipinski definition) is 21. The van der Waals surface area contributed by atoms with E-state index in [1.807, 2.05) is 0 Å². The van der Waals surface area contributed by atoms with Crippen LogP contribution in [-0.2, 0) is 38.0 Å². The van der Waals surface area contributed by atoms with Crippen molar-refractivity contribution in [3.63, 3.8) is 0 Å². The van der Waals surface area contributed by atoms with Crippen molar-refractivity contribution >= 4 is 5.91 Å². The summed E-state index contributed by atoms with van der Waals surface area (Å²) in [5.41, 5.74) is 0. The lowest BCUT2D eigenvalue weighted by molar-refractivity contribution is -0.379. The number of amides is 1. The lowest BCUT2D eigenvalue weighted by atomic mass is 9.94. The van der Waals surface area contributed by atoms with Crippen molar-refractivity contribution in [3.8, 4) is 0 Å². The van der Waals surface area contributed by atoms with Gasteiger partial charge >= 0.3 is 0 Å². The normalized spacial score (nSPS) is 50.2. The zero-order valence-electron chi connectivity index (χ0n) is 25.5. The highest BCUT2D eigenvalue weighted by Gasteiger charge is 2.55. The van der Waals surface area contributed by atoms with Gasteiger partial charge in [0.2, 0.25) is 5.91 Å². The molecule has 4 saturated heterocycles. The van der Waals surface area contributed by atoms with Gasteiger partial charge in [-0.2, -0.15) is 0 Å². The smallest absolute Gasteiger partial charge is 0.217 e. The monoisotopic (exact) mass is 707 g/mol. The first-order chi connectivity index (χ1) is 22.7. The van der Waals surface area contributed by atoms with E-state index in [1.165, 1.54) is 0 Å². The molecule has 0 unspecified atom stereocenters. The largest absolute Gasteiger partial charge is 0.394 e. The topological polar surface area (TPSA) is 357 Å². The third kappa shape index (κ3) is 8.08. The quantitative estimate of drug-likeness (QED) is 0.0947. The Labute approximate surface area is 272 Å². The molecular formula is C26H45NO21. The third-order valence-electron chi connectivity index (χ3n) is 8.61. The van der Waals surface area contributed by atoms with E-state index in [2.05, 4.69) is 5.32 Å². The minimum absolute atomic E-state index is 0.739. The molecule has 0 aromatic rings. The van der Waals surface area contributed by atoms with Crippen molar-refractivity contribution in [2.45, 2.75) is 130 Å². The first-order valence-corrected chi connectivity index (χ1v) is 15.1. The van der Waals surface area contributed by atoms with Crippen LogP contribution < -0.4 is 5.32 Å². The molecule has 4 fully saturated rings. The molecule has 4 heterocycles. The maximum Gasteiger partial charge on any atom is 0.217 e. The molecule has 22 nitrogen and oxygen atoms in total. The van der Waals surface area contributed by atoms with Crippen LogP contribution in [0.15, 0.2) is 0 Å². The summed E-state index contributed by atoms with van der Waals surface area (Å²) >= 11 is 0. The Morgan fingerprint density at radius 1 is 0.500 bits per heavy atom. The van der Waals surface area contributed by atoms with Crippen LogP contribution in [0.2, 0.25) is 0 Å². The average Bonchev–Trinajstić information content (AvgIpc) is 3.06. The number of ether oxygens (including phenoxy) is 7. The Morgan fingerprint density at radius 2 is 0.896 bits per heavy atom. The fourth-order valence-electron chi connectivity index (χ4n) is 5.95. The van der Waals surface area contributed by atoms with E-state index >= 15 is 0 Å². The minimum atomic E-state index is -2.02. The number of hydrogen-bond donors (Lipinski definition) is 14. The van der Waals surface area contributed by atoms with Gasteiger partial charge in [0.05, 0.1) is 26.4 Å². The van der Waals surface area contributed by atoms with Gasteiger partial charge in [0.1, 0.15) is 97.6 Å². The van der Waals surface area contributed by atoms with Gasteiger partial charge in [0.25, 0.3) is 0 Å². The summed E-state index contributed by atoms with van der Waals surface area (Å²) in [6, 6.07) is -1.58. The molecule has 0 saturated carbocycles. The Hall–Kier alpha value is -1.33. The zero-order valence-corrected chi connectivity index (χ0v) is 25.5. The van der Waals surface area contributed by atoms with Gasteiger partial charge in [-0.1, -0.05) is 0 Å². The van der Waals surface area contributed by atoms with Crippen LogP contribution in [0, 0.1) is 0 Å². The van der Waals surface area contributed by atoms with E-state index in [0.717, 1.165) is 6.92 Å². The molecule has 0 radical (unpaired) electrons. The van der Waals surface area contributed by atoms with Crippen LogP contribution in [0.5, 0.6) is 0 Å². The molecule has 0 aromatic heterocycles. The van der Waals surface area contributed by atoms with Gasteiger partial charge in [-0.3, -0.25) is 4.79 Å². The van der Waals surface area contributed by atoms with Crippen molar-refractivity contribution in [2.24, 2.45) is 0 Å². The summed E-state index contributed by atoms with van der Waals surface area (Å²) in [5.74, 6) is -0.739. The second kappa shape index (κ2) is 16.8. The number of rotatable bonds is 11. The number of carbonyl (C=O) groups is 1. The highest BCUT2D eigenvalue weighted by Crippen LogP contribution is 2.34. The number of aliphatic hydroxyl groups excluding tert-OH is 13. The molecule has 1 amide bonds. The average molecular weight is 708 g/mol. The number of nitrogens with one attached hydrogen (secondary N) is 1. The lowest BCUT2D eigenvalue weighted by Gasteiger charge is -2.49. The van der Waals surface area contributed by atoms with Gasteiger partial charge < -0.3 is 105 Å². The fourth-order valence-corrected chi connectivity index (χ4v) is 5.95. The van der Waals surface area contributed by atoms with Gasteiger partial charge in [-0.15, -0.1) is 0 Å². The minimum Gasteiger partial charge on any atom is -0.394 e. The molecule has 0 bridgehead atoms. The van der Waals surface area contributed by atoms with Gasteiger partial charge in [0.15, 0.2) is 25.2 Å². The van der Waals surface area contributed by atoms with E-state index in [4.69, 9.17) is 33.2 Å². The summed E-state index contributed by atoms with van der Waals surface area (Å²) in [4.78, 5) is 12.1. The first-order valence-electron chi connectivity index (χ1n) is 15.1. The van der Waals surface area contributed by atoms with Crippen LogP contribution in [0.4, 0.5) is 0 Å². The maximum absolute atomic E-state index is 12.1. The SMILES string of the molecule is CC(=O)N[C@H]1[C@H](O[C@@H]2[C@H](O)[C@@H](O)[C@H](O[C@H]3[C@H](O)[C@@H](O)[C@H](O)O[C@@H]3CO)O[C@@H]2CO)O[C@H](CO)[C@H](O[C@@H]2O[C@H](CO)[C@H](O)[C@H](O)[C@H]2O)[C@@H]1O. The molecule has 0 aliphatic carbocycles. The van der Waals surface area contributed by atoms with Crippen molar-refractivity contribution in [1.82, 2.24) is 5.32 Å². The second-order valence-corrected chi connectivity index (χ2v) is 11.9. The highest BCUT2D eigenvalue weighted by atomic mass is 16.8. The standard InChI is InChI=1S/C26H45NO21/c1-6(32)27-11-13(34)20(47-25-18(39)14(35)12(33)7(2-28)43-25)9(4-30)44-24(11)46-22-10(5-31)45-26(19(40)16(22)37)48-21-8(3-29)42-23(41)17(38)15(21)36/h7-26,28-31,33-41H,2-5H2,1H3,(H,27,32)/t7-,8-,9-,10-,11-,12+,13-,14+,15-,16-,17-,18-,19-,20+,21-,22+,23-,24+,25+,26+/m1/s1. The predicted octanol–water partition coefficient (Wildman–Crippen LogP) is -9.61. The van der Waals surface area contributed by atoms with Crippen LogP contribution in [0.3, 0.4) is 0 Å². The van der Waals surface area contributed by atoms with Crippen LogP contribution in [-0.4, -0.2) is 221 Å². The predicted molar refractivity (Wildman–Crippen MR) is 145 cm³/mol. The zero-order chi connectivity index (χ0) is 35.6. The van der Waals surface area contributed by atoms with E-state index in [0.29, 0.717) is 0 Å².